The lowest BCUT2D eigenvalue weighted by molar-refractivity contribution is 0.0509. The molecule has 0 aliphatic rings. The van der Waals surface area contributed by atoms with E-state index in [0.29, 0.717) is 0 Å². The fourth-order valence-corrected chi connectivity index (χ4v) is 1.42. The van der Waals surface area contributed by atoms with Crippen LogP contribution in [-0.2, 0) is 0 Å². The zero-order chi connectivity index (χ0) is 13.5. The third-order valence-corrected chi connectivity index (χ3v) is 2.22. The molecule has 1 aromatic rings. The lowest BCUT2D eigenvalue weighted by atomic mass is 10.2. The molecule has 0 spiro atoms. The number of nitrogens with two attached hydrogens (primary N) is 1. The molecule has 4 N–H and O–H groups in total. The van der Waals surface area contributed by atoms with Gasteiger partial charge in [0.1, 0.15) is 0 Å². The number of nitrogen functional groups attached to an aromatic ring is 1. The third kappa shape index (κ3) is 3.60. The van der Waals surface area contributed by atoms with E-state index >= 15 is 0 Å². The Labute approximate surface area is 102 Å². The predicted octanol–water partition coefficient (Wildman–Crippen LogP) is 0.0668. The van der Waals surface area contributed by atoms with Gasteiger partial charge in [-0.2, -0.15) is 0 Å². The molecule has 0 saturated carbocycles. The molecule has 1 heterocycles. The minimum atomic E-state index is -2.67. The van der Waals surface area contributed by atoms with Gasteiger partial charge in [0, 0.05) is 18.9 Å². The molecule has 0 atom stereocenters. The van der Waals surface area contributed by atoms with Crippen LogP contribution < -0.4 is 11.3 Å². The lowest BCUT2D eigenvalue weighted by Gasteiger charge is -2.22. The van der Waals surface area contributed by atoms with Gasteiger partial charge in [-0.15, -0.1) is 0 Å². The van der Waals surface area contributed by atoms with Crippen LogP contribution in [0.25, 0.3) is 0 Å². The van der Waals surface area contributed by atoms with Gasteiger partial charge in [-0.3, -0.25) is 15.6 Å². The quantitative estimate of drug-likeness (QED) is 0.497. The van der Waals surface area contributed by atoms with Gasteiger partial charge < -0.3 is 15.4 Å². The van der Waals surface area contributed by atoms with Crippen molar-refractivity contribution in [3.63, 3.8) is 0 Å². The Hall–Kier alpha value is -1.80. The molecule has 6 nitrogen and oxygen atoms in total. The number of hydrogen-bond acceptors (Lipinski definition) is 5. The molecular formula is C10H14F2N4O2. The SMILES string of the molecule is NNc1ccncc1C(=O)N(CCO)CC(F)F. The molecule has 0 bridgehead atoms. The Morgan fingerprint density at radius 3 is 2.89 bits per heavy atom. The van der Waals surface area contributed by atoms with E-state index in [9.17, 15) is 13.6 Å². The molecule has 8 heteroatoms. The van der Waals surface area contributed by atoms with E-state index in [0.717, 1.165) is 4.90 Å². The average Bonchev–Trinajstić information content (AvgIpc) is 2.37. The normalized spacial score (nSPS) is 10.5. The standard InChI is InChI=1S/C10H14F2N4O2/c11-9(12)6-16(3-4-17)10(18)7-5-14-2-1-8(7)15-13/h1-2,5,9,17H,3-4,6,13H2,(H,14,15). The number of hydrazine groups is 1. The Kier molecular flexibility index (Phi) is 5.40. The number of aliphatic hydroxyl groups is 1. The Morgan fingerprint density at radius 2 is 2.33 bits per heavy atom. The van der Waals surface area contributed by atoms with E-state index in [1.807, 2.05) is 0 Å². The summed E-state index contributed by atoms with van der Waals surface area (Å²) in [6, 6.07) is 1.45. The van der Waals surface area contributed by atoms with Crippen LogP contribution in [0.5, 0.6) is 0 Å². The largest absolute Gasteiger partial charge is 0.395 e. The average molecular weight is 260 g/mol. The third-order valence-electron chi connectivity index (χ3n) is 2.22. The number of alkyl halides is 2. The molecule has 0 aliphatic carbocycles. The monoisotopic (exact) mass is 260 g/mol. The number of hydrogen-bond donors (Lipinski definition) is 3. The first-order valence-corrected chi connectivity index (χ1v) is 5.19. The Morgan fingerprint density at radius 1 is 1.61 bits per heavy atom. The van der Waals surface area contributed by atoms with E-state index in [4.69, 9.17) is 10.9 Å². The first-order chi connectivity index (χ1) is 8.60. The summed E-state index contributed by atoms with van der Waals surface area (Å²) in [4.78, 5) is 16.6. The van der Waals surface area contributed by atoms with Crippen LogP contribution >= 0.6 is 0 Å². The molecule has 18 heavy (non-hydrogen) atoms. The predicted molar refractivity (Wildman–Crippen MR) is 61.0 cm³/mol. The highest BCUT2D eigenvalue weighted by Gasteiger charge is 2.21. The number of amides is 1. The zero-order valence-corrected chi connectivity index (χ0v) is 9.51. The van der Waals surface area contributed by atoms with Crippen molar-refractivity contribution in [2.75, 3.05) is 25.1 Å². The molecule has 0 aliphatic heterocycles. The van der Waals surface area contributed by atoms with Crippen LogP contribution in [0, 0.1) is 0 Å². The van der Waals surface area contributed by atoms with Gasteiger partial charge in [-0.25, -0.2) is 8.78 Å². The van der Waals surface area contributed by atoms with Crippen molar-refractivity contribution in [1.29, 1.82) is 0 Å². The van der Waals surface area contributed by atoms with Crippen molar-refractivity contribution in [1.82, 2.24) is 9.88 Å². The first-order valence-electron chi connectivity index (χ1n) is 5.19. The second kappa shape index (κ2) is 6.82. The second-order valence-corrected chi connectivity index (χ2v) is 3.43. The summed E-state index contributed by atoms with van der Waals surface area (Å²) in [5.74, 6) is 4.56. The number of aliphatic hydroxyl groups excluding tert-OH is 1. The lowest BCUT2D eigenvalue weighted by Crippen LogP contribution is -2.37. The van der Waals surface area contributed by atoms with Gasteiger partial charge in [0.25, 0.3) is 12.3 Å². The molecule has 0 saturated heterocycles. The summed E-state index contributed by atoms with van der Waals surface area (Å²) >= 11 is 0. The summed E-state index contributed by atoms with van der Waals surface area (Å²) in [6.07, 6.45) is -0.0329. The molecule has 1 aromatic heterocycles. The highest BCUT2D eigenvalue weighted by atomic mass is 19.3. The molecule has 1 rings (SSSR count). The van der Waals surface area contributed by atoms with E-state index < -0.39 is 25.5 Å². The van der Waals surface area contributed by atoms with Crippen LogP contribution in [0.15, 0.2) is 18.5 Å². The molecule has 0 radical (unpaired) electrons. The highest BCUT2D eigenvalue weighted by molar-refractivity contribution is 5.99. The number of anilines is 1. The summed E-state index contributed by atoms with van der Waals surface area (Å²) in [5, 5.41) is 8.78. The van der Waals surface area contributed by atoms with Crippen molar-refractivity contribution in [2.45, 2.75) is 6.43 Å². The van der Waals surface area contributed by atoms with E-state index in [1.54, 1.807) is 0 Å². The number of pyridine rings is 1. The van der Waals surface area contributed by atoms with Crippen LogP contribution in [0.3, 0.4) is 0 Å². The maximum atomic E-state index is 12.3. The summed E-state index contributed by atoms with van der Waals surface area (Å²) in [5.41, 5.74) is 2.65. The van der Waals surface area contributed by atoms with Crippen molar-refractivity contribution < 1.29 is 18.7 Å². The summed E-state index contributed by atoms with van der Waals surface area (Å²) < 4.78 is 24.7. The molecule has 0 unspecified atom stereocenters. The minimum Gasteiger partial charge on any atom is -0.395 e. The maximum Gasteiger partial charge on any atom is 0.257 e. The second-order valence-electron chi connectivity index (χ2n) is 3.43. The molecule has 0 aromatic carbocycles. The van der Waals surface area contributed by atoms with Gasteiger partial charge in [0.2, 0.25) is 0 Å². The van der Waals surface area contributed by atoms with Gasteiger partial charge in [-0.1, -0.05) is 0 Å². The number of rotatable bonds is 6. The van der Waals surface area contributed by atoms with E-state index in [2.05, 4.69) is 10.4 Å². The molecular weight excluding hydrogens is 246 g/mol. The number of nitrogens with one attached hydrogen (secondary N) is 1. The van der Waals surface area contributed by atoms with Crippen LogP contribution in [0.2, 0.25) is 0 Å². The topological polar surface area (TPSA) is 91.5 Å². The maximum absolute atomic E-state index is 12.3. The van der Waals surface area contributed by atoms with Gasteiger partial charge in [0.15, 0.2) is 0 Å². The molecule has 100 valence electrons. The van der Waals surface area contributed by atoms with Crippen molar-refractivity contribution in [3.05, 3.63) is 24.0 Å². The summed E-state index contributed by atoms with van der Waals surface area (Å²) in [6.45, 7) is -1.33. The van der Waals surface area contributed by atoms with Crippen molar-refractivity contribution >= 4 is 11.6 Å². The van der Waals surface area contributed by atoms with E-state index in [-0.39, 0.29) is 17.8 Å². The summed E-state index contributed by atoms with van der Waals surface area (Å²) in [7, 11) is 0. The van der Waals surface area contributed by atoms with Crippen LogP contribution in [0.1, 0.15) is 10.4 Å². The number of carbonyl (C=O) groups excluding carboxylic acids is 1. The Bertz CT molecular complexity index is 403. The van der Waals surface area contributed by atoms with E-state index in [1.165, 1.54) is 18.5 Å². The van der Waals surface area contributed by atoms with Crippen LogP contribution in [-0.4, -0.2) is 47.0 Å². The number of carbonyl (C=O) groups is 1. The first kappa shape index (κ1) is 14.3. The van der Waals surface area contributed by atoms with Gasteiger partial charge in [-0.05, 0) is 6.07 Å². The Balaban J connectivity index is 2.94. The number of nitrogens with zero attached hydrogens (tertiary/aromatic N) is 2. The zero-order valence-electron chi connectivity index (χ0n) is 9.51. The van der Waals surface area contributed by atoms with Crippen molar-refractivity contribution in [3.8, 4) is 0 Å². The smallest absolute Gasteiger partial charge is 0.257 e. The van der Waals surface area contributed by atoms with Crippen molar-refractivity contribution in [2.24, 2.45) is 5.84 Å². The fourth-order valence-electron chi connectivity index (χ4n) is 1.42. The van der Waals surface area contributed by atoms with Gasteiger partial charge in [0.05, 0.1) is 24.4 Å². The highest BCUT2D eigenvalue weighted by Crippen LogP contribution is 2.15. The van der Waals surface area contributed by atoms with Crippen LogP contribution in [0.4, 0.5) is 14.5 Å². The molecule has 0 fully saturated rings. The number of aromatic nitrogens is 1. The molecule has 1 amide bonds. The minimum absolute atomic E-state index is 0.0779. The fraction of sp³-hybridized carbons (Fsp3) is 0.400. The number of halogens is 2. The van der Waals surface area contributed by atoms with Gasteiger partial charge >= 0.3 is 0 Å².